The Kier molecular flexibility index (Phi) is 6.86. The average molecular weight is 440 g/mol. The number of aliphatic hydroxyl groups excluding tert-OH is 1. The van der Waals surface area contributed by atoms with E-state index < -0.39 is 17.5 Å². The largest absolute Gasteiger partial charge is 0.475 e. The van der Waals surface area contributed by atoms with Crippen molar-refractivity contribution < 1.29 is 19.3 Å². The Labute approximate surface area is 184 Å². The van der Waals surface area contributed by atoms with Gasteiger partial charge in [-0.1, -0.05) is 18.7 Å². The van der Waals surface area contributed by atoms with Crippen molar-refractivity contribution in [2.24, 2.45) is 5.73 Å². The number of nitrogens with two attached hydrogens (primary N) is 1. The van der Waals surface area contributed by atoms with Crippen molar-refractivity contribution in [1.29, 1.82) is 0 Å². The average Bonchev–Trinajstić information content (AvgIpc) is 2.74. The summed E-state index contributed by atoms with van der Waals surface area (Å²) in [5, 5.41) is 25.6. The van der Waals surface area contributed by atoms with Crippen LogP contribution in [0.2, 0.25) is 0 Å². The highest BCUT2D eigenvalue weighted by atomic mass is 19.1. The predicted molar refractivity (Wildman–Crippen MR) is 119 cm³/mol. The van der Waals surface area contributed by atoms with Crippen molar-refractivity contribution >= 4 is 23.1 Å². The number of pyridine rings is 1. The normalized spacial score (nSPS) is 12.2. The Balaban J connectivity index is 1.71. The molecule has 1 atom stereocenters. The summed E-state index contributed by atoms with van der Waals surface area (Å²) in [6, 6.07) is 10.00. The van der Waals surface area contributed by atoms with E-state index in [-0.39, 0.29) is 24.1 Å². The van der Waals surface area contributed by atoms with Gasteiger partial charge in [-0.15, -0.1) is 0 Å². The molecule has 0 aliphatic carbocycles. The van der Waals surface area contributed by atoms with Gasteiger partial charge < -0.3 is 31.3 Å². The minimum atomic E-state index is -1.04. The summed E-state index contributed by atoms with van der Waals surface area (Å²) in [6.45, 7) is 6.89. The summed E-state index contributed by atoms with van der Waals surface area (Å²) in [6.07, 6.45) is 1.50. The third-order valence-corrected chi connectivity index (χ3v) is 4.13. The number of hydrogen-bond acceptors (Lipinski definition) is 9. The number of halogens is 1. The number of aliphatic hydroxyl groups is 2. The summed E-state index contributed by atoms with van der Waals surface area (Å²) < 4.78 is 19.7. The van der Waals surface area contributed by atoms with Gasteiger partial charge in [0.15, 0.2) is 11.6 Å². The van der Waals surface area contributed by atoms with Crippen LogP contribution in [0.3, 0.4) is 0 Å². The molecule has 0 radical (unpaired) electrons. The van der Waals surface area contributed by atoms with Crippen LogP contribution in [-0.4, -0.2) is 37.4 Å². The molecule has 32 heavy (non-hydrogen) atoms. The maximum atomic E-state index is 14.3. The quantitative estimate of drug-likeness (QED) is 0.339. The Morgan fingerprint density at radius 3 is 2.62 bits per heavy atom. The molecule has 2 aromatic heterocycles. The first-order valence-corrected chi connectivity index (χ1v) is 9.71. The maximum absolute atomic E-state index is 14.3. The molecule has 3 rings (SSSR count). The molecule has 0 fully saturated rings. The summed E-state index contributed by atoms with van der Waals surface area (Å²) >= 11 is 0. The number of nitrogens with zero attached hydrogens (tertiary/aromatic N) is 3. The molecule has 3 aromatic rings. The second-order valence-electron chi connectivity index (χ2n) is 7.73. The highest BCUT2D eigenvalue weighted by molar-refractivity contribution is 5.60. The lowest BCUT2D eigenvalue weighted by molar-refractivity contribution is 0.0268. The molecule has 2 heterocycles. The zero-order valence-electron chi connectivity index (χ0n) is 17.7. The van der Waals surface area contributed by atoms with Gasteiger partial charge in [0.25, 0.3) is 0 Å². The fourth-order valence-electron chi connectivity index (χ4n) is 2.57. The predicted octanol–water partition coefficient (Wildman–Crippen LogP) is 3.15. The molecule has 168 valence electrons. The van der Waals surface area contributed by atoms with E-state index in [0.717, 1.165) is 6.20 Å². The van der Waals surface area contributed by atoms with Gasteiger partial charge in [0, 0.05) is 17.5 Å². The Bertz CT molecular complexity index is 1090. The zero-order chi connectivity index (χ0) is 23.3. The van der Waals surface area contributed by atoms with Crippen LogP contribution in [0.15, 0.2) is 61.1 Å². The smallest absolute Gasteiger partial charge is 0.229 e. The van der Waals surface area contributed by atoms with Crippen LogP contribution in [-0.2, 0) is 0 Å². The molecule has 1 aromatic carbocycles. The van der Waals surface area contributed by atoms with E-state index in [1.54, 1.807) is 50.2 Å². The monoisotopic (exact) mass is 440 g/mol. The van der Waals surface area contributed by atoms with Gasteiger partial charge in [-0.05, 0) is 37.6 Å². The van der Waals surface area contributed by atoms with Gasteiger partial charge in [-0.3, -0.25) is 0 Å². The standard InChI is InChI=1S/C22H25FN6O3/c1-13(24)19(30)14-5-4-6-15(9-14)27-20-17(23)11-26-21(29-20)28-16-7-8-18(25-10-16)32-12-22(2,3)31/h4-11,19,30-31H,1,12,24H2,2-3H3,(H2,26,27,28,29). The first-order chi connectivity index (χ1) is 15.1. The first kappa shape index (κ1) is 22.9. The van der Waals surface area contributed by atoms with Crippen LogP contribution < -0.4 is 21.1 Å². The third-order valence-electron chi connectivity index (χ3n) is 4.13. The van der Waals surface area contributed by atoms with E-state index in [1.165, 1.54) is 6.20 Å². The first-order valence-electron chi connectivity index (χ1n) is 9.71. The van der Waals surface area contributed by atoms with Crippen molar-refractivity contribution in [2.75, 3.05) is 17.2 Å². The number of aromatic nitrogens is 3. The SMILES string of the molecule is C=C(N)C(O)c1cccc(Nc2nc(Nc3ccc(OCC(C)(C)O)nc3)ncc2F)c1. The minimum Gasteiger partial charge on any atom is -0.475 e. The molecule has 0 saturated carbocycles. The van der Waals surface area contributed by atoms with Crippen LogP contribution in [0.1, 0.15) is 25.5 Å². The molecule has 6 N–H and O–H groups in total. The second-order valence-corrected chi connectivity index (χ2v) is 7.73. The second kappa shape index (κ2) is 9.58. The Morgan fingerprint density at radius 1 is 1.19 bits per heavy atom. The van der Waals surface area contributed by atoms with Crippen LogP contribution in [0.5, 0.6) is 5.88 Å². The van der Waals surface area contributed by atoms with E-state index in [9.17, 15) is 14.6 Å². The number of ether oxygens (including phenoxy) is 1. The summed E-state index contributed by atoms with van der Waals surface area (Å²) in [5.74, 6) is -0.216. The molecule has 10 heteroatoms. The number of anilines is 4. The van der Waals surface area contributed by atoms with Crippen LogP contribution in [0, 0.1) is 5.82 Å². The Hall–Kier alpha value is -3.76. The van der Waals surface area contributed by atoms with E-state index in [0.29, 0.717) is 22.8 Å². The van der Waals surface area contributed by atoms with Gasteiger partial charge >= 0.3 is 0 Å². The lowest BCUT2D eigenvalue weighted by atomic mass is 10.1. The van der Waals surface area contributed by atoms with Gasteiger partial charge in [0.1, 0.15) is 12.7 Å². The molecule has 0 aliphatic heterocycles. The van der Waals surface area contributed by atoms with Crippen LogP contribution in [0.25, 0.3) is 0 Å². The molecule has 0 spiro atoms. The summed E-state index contributed by atoms with van der Waals surface area (Å²) in [4.78, 5) is 12.2. The van der Waals surface area contributed by atoms with Gasteiger partial charge in [-0.25, -0.2) is 14.4 Å². The van der Waals surface area contributed by atoms with Gasteiger partial charge in [-0.2, -0.15) is 4.98 Å². The van der Waals surface area contributed by atoms with Crippen molar-refractivity contribution in [1.82, 2.24) is 15.0 Å². The van der Waals surface area contributed by atoms with Crippen molar-refractivity contribution in [2.45, 2.75) is 25.6 Å². The van der Waals surface area contributed by atoms with Gasteiger partial charge in [0.2, 0.25) is 11.8 Å². The van der Waals surface area contributed by atoms with Crippen molar-refractivity contribution in [3.05, 3.63) is 72.4 Å². The van der Waals surface area contributed by atoms with Crippen LogP contribution >= 0.6 is 0 Å². The third kappa shape index (κ3) is 6.37. The summed E-state index contributed by atoms with van der Waals surface area (Å²) in [7, 11) is 0. The summed E-state index contributed by atoms with van der Waals surface area (Å²) in [5.41, 5.74) is 6.26. The number of rotatable bonds is 9. The lowest BCUT2D eigenvalue weighted by Gasteiger charge is -2.17. The highest BCUT2D eigenvalue weighted by Crippen LogP contribution is 2.24. The number of nitrogens with one attached hydrogen (secondary N) is 2. The molecule has 0 amide bonds. The van der Waals surface area contributed by atoms with Crippen LogP contribution in [0.4, 0.5) is 27.5 Å². The highest BCUT2D eigenvalue weighted by Gasteiger charge is 2.14. The Morgan fingerprint density at radius 2 is 1.97 bits per heavy atom. The topological polar surface area (TPSA) is 138 Å². The fraction of sp³-hybridized carbons (Fsp3) is 0.227. The molecular weight excluding hydrogens is 415 g/mol. The molecule has 0 saturated heterocycles. The molecule has 9 nitrogen and oxygen atoms in total. The van der Waals surface area contributed by atoms with E-state index in [4.69, 9.17) is 10.5 Å². The molecule has 0 bridgehead atoms. The molecule has 1 unspecified atom stereocenters. The van der Waals surface area contributed by atoms with E-state index >= 15 is 0 Å². The maximum Gasteiger partial charge on any atom is 0.229 e. The van der Waals surface area contributed by atoms with E-state index in [2.05, 4.69) is 32.2 Å². The van der Waals surface area contributed by atoms with Gasteiger partial charge in [0.05, 0.1) is 23.7 Å². The van der Waals surface area contributed by atoms with Crippen molar-refractivity contribution in [3.8, 4) is 5.88 Å². The zero-order valence-corrected chi connectivity index (χ0v) is 17.7. The lowest BCUT2D eigenvalue weighted by Crippen LogP contribution is -2.28. The molecule has 0 aliphatic rings. The molecular formula is C22H25FN6O3. The van der Waals surface area contributed by atoms with E-state index in [1.807, 2.05) is 0 Å². The number of hydrogen-bond donors (Lipinski definition) is 5. The number of benzene rings is 1. The fourth-order valence-corrected chi connectivity index (χ4v) is 2.57. The minimum absolute atomic E-state index is 0.0567. The van der Waals surface area contributed by atoms with Crippen molar-refractivity contribution in [3.63, 3.8) is 0 Å².